The first-order chi connectivity index (χ1) is 26.0. The van der Waals surface area contributed by atoms with Crippen LogP contribution in [0.2, 0.25) is 0 Å². The van der Waals surface area contributed by atoms with E-state index in [4.69, 9.17) is 18.9 Å². The number of ether oxygens (including phenoxy) is 4. The maximum absolute atomic E-state index is 12.5. The summed E-state index contributed by atoms with van der Waals surface area (Å²) in [6.45, 7) is 3.66. The van der Waals surface area contributed by atoms with Gasteiger partial charge in [-0.05, 0) is 12.8 Å². The first-order valence-electron chi connectivity index (χ1n) is 22.1. The summed E-state index contributed by atoms with van der Waals surface area (Å²) in [5.41, 5.74) is 0. The number of rotatable bonds is 39. The highest BCUT2D eigenvalue weighted by atomic mass is 79.9. The van der Waals surface area contributed by atoms with E-state index in [-0.39, 0.29) is 49.5 Å². The van der Waals surface area contributed by atoms with E-state index >= 15 is 0 Å². The third-order valence-corrected chi connectivity index (χ3v) is 9.64. The highest BCUT2D eigenvalue weighted by Crippen LogP contribution is 2.15. The van der Waals surface area contributed by atoms with E-state index in [2.05, 4.69) is 13.8 Å². The van der Waals surface area contributed by atoms with Crippen molar-refractivity contribution >= 4 is 23.9 Å². The summed E-state index contributed by atoms with van der Waals surface area (Å²) in [6, 6.07) is 0. The van der Waals surface area contributed by atoms with Gasteiger partial charge in [-0.25, -0.2) is 4.79 Å². The maximum atomic E-state index is 12.5. The van der Waals surface area contributed by atoms with Gasteiger partial charge in [0, 0.05) is 12.8 Å². The monoisotopic (exact) mass is 850 g/mol. The van der Waals surface area contributed by atoms with Crippen molar-refractivity contribution in [3.05, 3.63) is 0 Å². The van der Waals surface area contributed by atoms with E-state index in [0.717, 1.165) is 38.5 Å². The summed E-state index contributed by atoms with van der Waals surface area (Å²) in [4.78, 5) is 49.6. The molecule has 0 aromatic rings. The molecule has 0 fully saturated rings. The van der Waals surface area contributed by atoms with Crippen LogP contribution in [0.25, 0.3) is 0 Å². The van der Waals surface area contributed by atoms with E-state index in [1.165, 1.54) is 128 Å². The van der Waals surface area contributed by atoms with Crippen molar-refractivity contribution in [1.82, 2.24) is 0 Å². The zero-order chi connectivity index (χ0) is 40.1. The second-order valence-corrected chi connectivity index (χ2v) is 16.5. The molecule has 1 atom stereocenters. The Morgan fingerprint density at radius 3 is 1.13 bits per heavy atom. The Balaban J connectivity index is 0. The van der Waals surface area contributed by atoms with Gasteiger partial charge in [-0.3, -0.25) is 14.4 Å². The lowest BCUT2D eigenvalue weighted by atomic mass is 10.0. The van der Waals surface area contributed by atoms with Crippen molar-refractivity contribution in [1.29, 1.82) is 0 Å². The van der Waals surface area contributed by atoms with Crippen molar-refractivity contribution < 1.29 is 64.7 Å². The predicted molar refractivity (Wildman–Crippen MR) is 217 cm³/mol. The van der Waals surface area contributed by atoms with Crippen LogP contribution < -0.4 is 17.0 Å². The minimum atomic E-state index is -1.02. The number of hydrogen-bond donors (Lipinski definition) is 1. The molecule has 10 nitrogen and oxygen atoms in total. The number of nitrogens with zero attached hydrogens (tertiary/aromatic N) is 1. The lowest BCUT2D eigenvalue weighted by Gasteiger charge is -2.26. The third kappa shape index (κ3) is 41.7. The molecule has 0 bridgehead atoms. The molecule has 0 aliphatic carbocycles. The fourth-order valence-corrected chi connectivity index (χ4v) is 6.51. The zero-order valence-corrected chi connectivity index (χ0v) is 37.6. The highest BCUT2D eigenvalue weighted by Gasteiger charge is 2.23. The first-order valence-corrected chi connectivity index (χ1v) is 22.1. The highest BCUT2D eigenvalue weighted by molar-refractivity contribution is 5.76. The van der Waals surface area contributed by atoms with Crippen LogP contribution in [0.5, 0.6) is 0 Å². The van der Waals surface area contributed by atoms with Gasteiger partial charge in [-0.1, -0.05) is 168 Å². The molecule has 0 saturated heterocycles. The molecule has 0 aromatic heterocycles. The Labute approximate surface area is 347 Å². The average molecular weight is 851 g/mol. The molecule has 0 heterocycles. The largest absolute Gasteiger partial charge is 1.00 e. The Hall–Kier alpha value is -1.72. The molecule has 0 aliphatic heterocycles. The zero-order valence-electron chi connectivity index (χ0n) is 36.0. The number of halogens is 1. The Morgan fingerprint density at radius 1 is 0.473 bits per heavy atom. The van der Waals surface area contributed by atoms with Crippen LogP contribution in [-0.4, -0.2) is 93.2 Å². The molecular weight excluding hydrogens is 766 g/mol. The van der Waals surface area contributed by atoms with E-state index in [1.807, 2.05) is 21.1 Å². The molecule has 0 aliphatic rings. The standard InChI is InChI=1S/C44H84NO9.BrH/c1-6-8-10-12-14-16-18-20-22-24-26-28-30-32-41(47)51-36-40(54-44(50)38-53-43(49)34-39(46)35-45(3,4)5)37-52-42(48)33-31-29-27-25-23-21-19-17-15-13-11-9-7-2;/h39-40,46H,6-38H2,1-5H3;1H/q+1;/p-1/t39-;/m0./s1. The topological polar surface area (TPSA) is 125 Å². The summed E-state index contributed by atoms with van der Waals surface area (Å²) in [7, 11) is 5.68. The van der Waals surface area contributed by atoms with Crippen molar-refractivity contribution in [2.45, 2.75) is 212 Å². The van der Waals surface area contributed by atoms with E-state index in [1.54, 1.807) is 0 Å². The minimum Gasteiger partial charge on any atom is -1.00 e. The fourth-order valence-electron chi connectivity index (χ4n) is 6.51. The average Bonchev–Trinajstić information content (AvgIpc) is 3.11. The molecule has 0 unspecified atom stereocenters. The normalized spacial score (nSPS) is 11.9. The second kappa shape index (κ2) is 39.1. The molecule has 0 rings (SSSR count). The molecular formula is C44H84BrNO9. The number of hydrogen-bond acceptors (Lipinski definition) is 9. The van der Waals surface area contributed by atoms with Gasteiger partial charge < -0.3 is 45.5 Å². The molecule has 0 aromatic carbocycles. The number of likely N-dealkylation sites (N-methyl/N-ethyl adjacent to an activating group) is 1. The fraction of sp³-hybridized carbons (Fsp3) is 0.909. The van der Waals surface area contributed by atoms with Gasteiger partial charge in [0.2, 0.25) is 0 Å². The predicted octanol–water partition coefficient (Wildman–Crippen LogP) is 6.95. The quantitative estimate of drug-likeness (QED) is 0.0303. The van der Waals surface area contributed by atoms with Gasteiger partial charge in [0.15, 0.2) is 12.7 Å². The third-order valence-electron chi connectivity index (χ3n) is 9.64. The van der Waals surface area contributed by atoms with Crippen LogP contribution in [-0.2, 0) is 38.1 Å². The number of carbonyl (C=O) groups excluding carboxylic acids is 4. The molecule has 326 valence electrons. The lowest BCUT2D eigenvalue weighted by Crippen LogP contribution is -3.00. The van der Waals surface area contributed by atoms with Crippen LogP contribution >= 0.6 is 0 Å². The van der Waals surface area contributed by atoms with Crippen LogP contribution in [0.4, 0.5) is 0 Å². The number of carbonyl (C=O) groups is 4. The maximum Gasteiger partial charge on any atom is 0.344 e. The second-order valence-electron chi connectivity index (χ2n) is 16.5. The van der Waals surface area contributed by atoms with Gasteiger partial charge in [-0.15, -0.1) is 0 Å². The summed E-state index contributed by atoms with van der Waals surface area (Å²) in [5, 5.41) is 10.1. The molecule has 0 radical (unpaired) electrons. The SMILES string of the molecule is CCCCCCCCCCCCCCCC(=O)OCC(COC(=O)CCCCCCCCCCCCCCC)OC(=O)COC(=O)C[C@H](O)C[N+](C)(C)C.[Br-]. The first kappa shape index (κ1) is 55.4. The molecule has 0 amide bonds. The number of aliphatic hydroxyl groups excluding tert-OH is 1. The number of esters is 4. The van der Waals surface area contributed by atoms with Crippen LogP contribution in [0.1, 0.15) is 200 Å². The minimum absolute atomic E-state index is 0. The van der Waals surface area contributed by atoms with Gasteiger partial charge in [-0.2, -0.15) is 0 Å². The van der Waals surface area contributed by atoms with Gasteiger partial charge in [0.1, 0.15) is 25.9 Å². The van der Waals surface area contributed by atoms with Crippen molar-refractivity contribution in [3.63, 3.8) is 0 Å². The van der Waals surface area contributed by atoms with Crippen LogP contribution in [0.15, 0.2) is 0 Å². The van der Waals surface area contributed by atoms with E-state index in [9.17, 15) is 24.3 Å². The Kier molecular flexibility index (Phi) is 39.4. The van der Waals surface area contributed by atoms with E-state index in [0.29, 0.717) is 11.0 Å². The van der Waals surface area contributed by atoms with Gasteiger partial charge in [0.25, 0.3) is 0 Å². The molecule has 0 saturated carbocycles. The number of quaternary nitrogens is 1. The Bertz CT molecular complexity index is 881. The summed E-state index contributed by atoms with van der Waals surface area (Å²) >= 11 is 0. The number of unbranched alkanes of at least 4 members (excludes halogenated alkanes) is 24. The summed E-state index contributed by atoms with van der Waals surface area (Å²) < 4.78 is 21.7. The van der Waals surface area contributed by atoms with E-state index < -0.39 is 42.7 Å². The van der Waals surface area contributed by atoms with Gasteiger partial charge >= 0.3 is 23.9 Å². The number of aliphatic hydroxyl groups is 1. The van der Waals surface area contributed by atoms with Gasteiger partial charge in [0.05, 0.1) is 27.6 Å². The molecule has 55 heavy (non-hydrogen) atoms. The van der Waals surface area contributed by atoms with Crippen molar-refractivity contribution in [3.8, 4) is 0 Å². The smallest absolute Gasteiger partial charge is 0.344 e. The Morgan fingerprint density at radius 2 is 0.800 bits per heavy atom. The van der Waals surface area contributed by atoms with Crippen molar-refractivity contribution in [2.24, 2.45) is 0 Å². The molecule has 11 heteroatoms. The van der Waals surface area contributed by atoms with Crippen LogP contribution in [0, 0.1) is 0 Å². The lowest BCUT2D eigenvalue weighted by molar-refractivity contribution is -0.873. The molecule has 1 N–H and O–H groups in total. The molecule has 0 spiro atoms. The van der Waals surface area contributed by atoms with Crippen molar-refractivity contribution in [2.75, 3.05) is 47.5 Å². The summed E-state index contributed by atoms with van der Waals surface area (Å²) in [6.07, 6.45) is 29.9. The van der Waals surface area contributed by atoms with Crippen LogP contribution in [0.3, 0.4) is 0 Å². The summed E-state index contributed by atoms with van der Waals surface area (Å²) in [5.74, 6) is -2.36.